The van der Waals surface area contributed by atoms with Gasteiger partial charge in [-0.1, -0.05) is 38.3 Å². The van der Waals surface area contributed by atoms with Crippen molar-refractivity contribution in [1.82, 2.24) is 4.90 Å². The van der Waals surface area contributed by atoms with E-state index in [9.17, 15) is 0 Å². The van der Waals surface area contributed by atoms with Crippen molar-refractivity contribution in [3.8, 4) is 0 Å². The molecule has 0 bridgehead atoms. The van der Waals surface area contributed by atoms with Gasteiger partial charge in [-0.15, -0.1) is 0 Å². The van der Waals surface area contributed by atoms with Gasteiger partial charge in [-0.2, -0.15) is 0 Å². The number of rotatable bonds is 0. The predicted molar refractivity (Wildman–Crippen MR) is 76.8 cm³/mol. The minimum absolute atomic E-state index is 0.451. The maximum atomic E-state index is 5.66. The van der Waals surface area contributed by atoms with E-state index in [2.05, 4.69) is 40.6 Å². The van der Waals surface area contributed by atoms with E-state index in [0.717, 1.165) is 12.5 Å². The summed E-state index contributed by atoms with van der Waals surface area (Å²) in [5, 5.41) is 0.451. The first-order valence-corrected chi connectivity index (χ1v) is 6.89. The normalized spacial score (nSPS) is 43.0. The van der Waals surface area contributed by atoms with E-state index in [1.807, 2.05) is 0 Å². The van der Waals surface area contributed by atoms with Crippen LogP contribution < -0.4 is 0 Å². The predicted octanol–water partition coefficient (Wildman–Crippen LogP) is 2.51. The van der Waals surface area contributed by atoms with E-state index in [4.69, 9.17) is 12.2 Å². The third-order valence-electron chi connectivity index (χ3n) is 4.67. The van der Waals surface area contributed by atoms with Gasteiger partial charge in [-0.25, -0.2) is 0 Å². The summed E-state index contributed by atoms with van der Waals surface area (Å²) in [5.74, 6) is 1.46. The highest BCUT2D eigenvalue weighted by Gasteiger charge is 2.49. The Labute approximate surface area is 106 Å². The Morgan fingerprint density at radius 3 is 2.62 bits per heavy atom. The summed E-state index contributed by atoms with van der Waals surface area (Å²) in [5.41, 5.74) is 0.456. The zero-order valence-corrected chi connectivity index (χ0v) is 12.2. The van der Waals surface area contributed by atoms with Gasteiger partial charge in [0.05, 0.1) is 4.99 Å². The number of nitrogens with zero attached hydrogens (tertiary/aromatic N) is 1. The third kappa shape index (κ3) is 2.03. The fourth-order valence-electron chi connectivity index (χ4n) is 4.30. The molecule has 0 aromatic rings. The van der Waals surface area contributed by atoms with E-state index in [1.54, 1.807) is 0 Å². The highest BCUT2D eigenvalue weighted by atomic mass is 32.1. The molecule has 3 heteroatoms. The summed E-state index contributed by atoms with van der Waals surface area (Å²) in [6, 6.07) is 0. The molecule has 1 aliphatic heterocycles. The lowest BCUT2D eigenvalue weighted by Gasteiger charge is -2.54. The summed E-state index contributed by atoms with van der Waals surface area (Å²) in [7, 11) is 4.56. The smallest absolute Gasteiger partial charge is 0.109 e. The number of thiocarbonyl (C=S) groups is 1. The van der Waals surface area contributed by atoms with Crippen LogP contribution in [0.15, 0.2) is 0 Å². The molecule has 0 aromatic carbocycles. The van der Waals surface area contributed by atoms with E-state index >= 15 is 0 Å². The first kappa shape index (κ1) is 12.4. The third-order valence-corrected chi connectivity index (χ3v) is 5.28. The Morgan fingerprint density at radius 2 is 2.00 bits per heavy atom. The van der Waals surface area contributed by atoms with Gasteiger partial charge >= 0.3 is 0 Å². The Hall–Kier alpha value is -0.0451. The van der Waals surface area contributed by atoms with E-state index in [-0.39, 0.29) is 0 Å². The van der Waals surface area contributed by atoms with Crippen LogP contribution in [-0.4, -0.2) is 31.3 Å². The number of fused-ring (bicyclic) bond motifs is 1. The summed E-state index contributed by atoms with van der Waals surface area (Å²) < 4.78 is 0. The second-order valence-corrected chi connectivity index (χ2v) is 7.71. The lowest BCUT2D eigenvalue weighted by molar-refractivity contribution is 0.0524. The van der Waals surface area contributed by atoms with Gasteiger partial charge in [-0.3, -0.25) is 0 Å². The Kier molecular flexibility index (Phi) is 2.89. The standard InChI is InChI=1S/C13H24BNS/c1-12(2)8-13(3,14)7-9-10(12)5-6-15(4)11(9)16/h9-10H,5-8,14H2,1-4H3. The van der Waals surface area contributed by atoms with Crippen LogP contribution in [0.2, 0.25) is 5.31 Å². The fourth-order valence-corrected chi connectivity index (χ4v) is 4.64. The lowest BCUT2D eigenvalue weighted by atomic mass is 9.48. The van der Waals surface area contributed by atoms with Crippen LogP contribution in [0.3, 0.4) is 0 Å². The molecule has 16 heavy (non-hydrogen) atoms. The van der Waals surface area contributed by atoms with E-state index in [0.29, 0.717) is 16.6 Å². The van der Waals surface area contributed by atoms with Crippen molar-refractivity contribution < 1.29 is 0 Å². The summed E-state index contributed by atoms with van der Waals surface area (Å²) >= 11 is 5.66. The molecule has 90 valence electrons. The van der Waals surface area contributed by atoms with Crippen LogP contribution in [-0.2, 0) is 0 Å². The largest absolute Gasteiger partial charge is 0.369 e. The molecule has 0 amide bonds. The van der Waals surface area contributed by atoms with Crippen molar-refractivity contribution in [2.75, 3.05) is 13.6 Å². The molecule has 1 heterocycles. The van der Waals surface area contributed by atoms with Crippen molar-refractivity contribution >= 4 is 25.1 Å². The molecule has 1 aliphatic carbocycles. The molecule has 2 rings (SSSR count). The molecule has 0 spiro atoms. The van der Waals surface area contributed by atoms with Crippen LogP contribution in [0.5, 0.6) is 0 Å². The molecule has 0 N–H and O–H groups in total. The molecule has 0 aromatic heterocycles. The number of piperidine rings is 1. The maximum absolute atomic E-state index is 5.66. The quantitative estimate of drug-likeness (QED) is 0.470. The fraction of sp³-hybridized carbons (Fsp3) is 0.923. The van der Waals surface area contributed by atoms with Crippen molar-refractivity contribution in [2.45, 2.75) is 45.3 Å². The first-order chi connectivity index (χ1) is 7.23. The molecule has 3 unspecified atom stereocenters. The second-order valence-electron chi connectivity index (χ2n) is 7.30. The van der Waals surface area contributed by atoms with Gasteiger partial charge in [0.1, 0.15) is 7.85 Å². The highest BCUT2D eigenvalue weighted by Crippen LogP contribution is 2.56. The summed E-state index contributed by atoms with van der Waals surface area (Å²) in [6.07, 6.45) is 3.95. The minimum Gasteiger partial charge on any atom is -0.369 e. The summed E-state index contributed by atoms with van der Waals surface area (Å²) in [4.78, 5) is 3.52. The molecule has 1 saturated carbocycles. The number of hydrogen-bond donors (Lipinski definition) is 0. The zero-order chi connectivity index (χ0) is 12.1. The van der Waals surface area contributed by atoms with Gasteiger partial charge in [0.25, 0.3) is 0 Å². The van der Waals surface area contributed by atoms with Crippen LogP contribution >= 0.6 is 12.2 Å². The molecule has 3 atom stereocenters. The molecular formula is C13H24BNS. The van der Waals surface area contributed by atoms with Gasteiger partial charge < -0.3 is 4.90 Å². The average molecular weight is 237 g/mol. The Balaban J connectivity index is 2.29. The van der Waals surface area contributed by atoms with Crippen molar-refractivity contribution in [2.24, 2.45) is 17.3 Å². The van der Waals surface area contributed by atoms with Crippen molar-refractivity contribution in [1.29, 1.82) is 0 Å². The number of hydrogen-bond acceptors (Lipinski definition) is 1. The molecular weight excluding hydrogens is 213 g/mol. The van der Waals surface area contributed by atoms with Gasteiger partial charge in [0.2, 0.25) is 0 Å². The van der Waals surface area contributed by atoms with Gasteiger partial charge in [0.15, 0.2) is 0 Å². The topological polar surface area (TPSA) is 3.24 Å². The Morgan fingerprint density at radius 1 is 1.38 bits per heavy atom. The molecule has 1 saturated heterocycles. The van der Waals surface area contributed by atoms with Crippen LogP contribution in [0.1, 0.15) is 40.0 Å². The van der Waals surface area contributed by atoms with Crippen LogP contribution in [0.25, 0.3) is 0 Å². The summed E-state index contributed by atoms with van der Waals surface area (Å²) in [6.45, 7) is 8.45. The van der Waals surface area contributed by atoms with Crippen LogP contribution in [0.4, 0.5) is 0 Å². The van der Waals surface area contributed by atoms with Crippen molar-refractivity contribution in [3.63, 3.8) is 0 Å². The van der Waals surface area contributed by atoms with Gasteiger partial charge in [0, 0.05) is 19.5 Å². The molecule has 2 fully saturated rings. The highest BCUT2D eigenvalue weighted by molar-refractivity contribution is 7.80. The lowest BCUT2D eigenvalue weighted by Crippen LogP contribution is -2.51. The van der Waals surface area contributed by atoms with E-state index < -0.39 is 0 Å². The Bertz CT molecular complexity index is 311. The SMILES string of the molecule is BC1(C)CC2C(=S)N(C)CCC2C(C)(C)C1. The number of likely N-dealkylation sites (tertiary alicyclic amines) is 1. The zero-order valence-electron chi connectivity index (χ0n) is 11.3. The first-order valence-electron chi connectivity index (χ1n) is 6.48. The van der Waals surface area contributed by atoms with E-state index in [1.165, 1.54) is 24.3 Å². The maximum Gasteiger partial charge on any atom is 0.109 e. The monoisotopic (exact) mass is 237 g/mol. The molecule has 2 aliphatic rings. The molecule has 0 radical (unpaired) electrons. The van der Waals surface area contributed by atoms with Crippen molar-refractivity contribution in [3.05, 3.63) is 0 Å². The van der Waals surface area contributed by atoms with Crippen LogP contribution in [0, 0.1) is 17.3 Å². The molecule has 1 nitrogen and oxygen atoms in total. The second kappa shape index (κ2) is 3.73. The average Bonchev–Trinajstić information content (AvgIpc) is 2.09. The minimum atomic E-state index is 0.451. The van der Waals surface area contributed by atoms with Gasteiger partial charge in [-0.05, 0) is 30.6 Å².